The third-order valence-corrected chi connectivity index (χ3v) is 2.70. The molecule has 0 saturated heterocycles. The SMILES string of the molecule is O=[P+]([O-])OC(F)(F)c1ccc(Cl)cc1Br. The van der Waals surface area contributed by atoms with Crippen molar-refractivity contribution in [3.8, 4) is 0 Å². The van der Waals surface area contributed by atoms with Crippen molar-refractivity contribution in [3.63, 3.8) is 0 Å². The average Bonchev–Trinajstić information content (AvgIpc) is 1.99. The van der Waals surface area contributed by atoms with Gasteiger partial charge >= 0.3 is 14.4 Å². The van der Waals surface area contributed by atoms with Gasteiger partial charge in [-0.05, 0) is 22.8 Å². The van der Waals surface area contributed by atoms with E-state index in [-0.39, 0.29) is 9.50 Å². The van der Waals surface area contributed by atoms with E-state index in [1.165, 1.54) is 12.1 Å². The van der Waals surface area contributed by atoms with E-state index in [9.17, 15) is 18.2 Å². The Balaban J connectivity index is 3.09. The molecule has 0 heterocycles. The zero-order valence-corrected chi connectivity index (χ0v) is 10.2. The van der Waals surface area contributed by atoms with Gasteiger partial charge in [0.05, 0.1) is 5.56 Å². The van der Waals surface area contributed by atoms with Crippen molar-refractivity contribution in [2.24, 2.45) is 0 Å². The summed E-state index contributed by atoms with van der Waals surface area (Å²) in [5, 5.41) is 0.243. The van der Waals surface area contributed by atoms with Crippen LogP contribution in [0.3, 0.4) is 0 Å². The molecule has 0 aromatic heterocycles. The van der Waals surface area contributed by atoms with Gasteiger partial charge in [0, 0.05) is 9.50 Å². The minimum absolute atomic E-state index is 0.0307. The number of halogens is 4. The number of hydrogen-bond acceptors (Lipinski definition) is 3. The van der Waals surface area contributed by atoms with Crippen LogP contribution in [0.2, 0.25) is 5.02 Å². The minimum Gasteiger partial charge on any atom is -0.566 e. The first-order chi connectivity index (χ1) is 6.83. The Morgan fingerprint density at radius 2 is 2.13 bits per heavy atom. The van der Waals surface area contributed by atoms with E-state index in [4.69, 9.17) is 11.6 Å². The third kappa shape index (κ3) is 3.43. The Bertz CT molecular complexity index is 402. The summed E-state index contributed by atoms with van der Waals surface area (Å²) in [5.74, 6) is 0. The molecule has 8 heteroatoms. The smallest absolute Gasteiger partial charge is 0.495 e. The fourth-order valence-corrected chi connectivity index (χ4v) is 2.07. The van der Waals surface area contributed by atoms with Crippen molar-refractivity contribution in [3.05, 3.63) is 33.3 Å². The molecular weight excluding hydrogens is 316 g/mol. The Hall–Kier alpha value is -0.130. The molecule has 1 rings (SSSR count). The van der Waals surface area contributed by atoms with E-state index < -0.39 is 19.9 Å². The van der Waals surface area contributed by atoms with Crippen molar-refractivity contribution in [2.75, 3.05) is 0 Å². The first-order valence-electron chi connectivity index (χ1n) is 3.50. The molecule has 0 N–H and O–H groups in total. The molecule has 0 amide bonds. The van der Waals surface area contributed by atoms with Crippen LogP contribution >= 0.6 is 35.8 Å². The van der Waals surface area contributed by atoms with E-state index in [0.29, 0.717) is 0 Å². The van der Waals surface area contributed by atoms with Crippen LogP contribution in [-0.4, -0.2) is 0 Å². The molecule has 0 aliphatic heterocycles. The van der Waals surface area contributed by atoms with Crippen LogP contribution < -0.4 is 4.89 Å². The summed E-state index contributed by atoms with van der Waals surface area (Å²) in [6.45, 7) is 0. The monoisotopic (exact) mass is 318 g/mol. The molecule has 1 unspecified atom stereocenters. The second kappa shape index (κ2) is 4.80. The molecule has 1 aromatic rings. The van der Waals surface area contributed by atoms with Crippen LogP contribution in [0.4, 0.5) is 8.78 Å². The Morgan fingerprint density at radius 1 is 1.53 bits per heavy atom. The average molecular weight is 319 g/mol. The minimum atomic E-state index is -3.90. The summed E-state index contributed by atoms with van der Waals surface area (Å²) >= 11 is 8.37. The summed E-state index contributed by atoms with van der Waals surface area (Å²) in [5.41, 5.74) is -0.605. The van der Waals surface area contributed by atoms with E-state index >= 15 is 0 Å². The second-order valence-corrected chi connectivity index (χ2v) is 4.38. The molecule has 3 nitrogen and oxygen atoms in total. The van der Waals surface area contributed by atoms with Crippen LogP contribution in [0.15, 0.2) is 22.7 Å². The summed E-state index contributed by atoms with van der Waals surface area (Å²) in [6.07, 6.45) is -3.90. The maximum atomic E-state index is 13.1. The molecule has 1 atom stereocenters. The first-order valence-corrected chi connectivity index (χ1v) is 5.76. The lowest BCUT2D eigenvalue weighted by Crippen LogP contribution is -2.17. The molecule has 0 spiro atoms. The highest BCUT2D eigenvalue weighted by atomic mass is 79.9. The van der Waals surface area contributed by atoms with Crippen LogP contribution in [0.1, 0.15) is 5.56 Å². The fourth-order valence-electron chi connectivity index (χ4n) is 0.868. The molecule has 0 aliphatic rings. The lowest BCUT2D eigenvalue weighted by molar-refractivity contribution is -0.247. The molecule has 0 radical (unpaired) electrons. The molecule has 0 fully saturated rings. The van der Waals surface area contributed by atoms with Crippen molar-refractivity contribution in [2.45, 2.75) is 6.11 Å². The first kappa shape index (κ1) is 12.9. The Labute approximate surface area is 98.1 Å². The topological polar surface area (TPSA) is 49.4 Å². The van der Waals surface area contributed by atoms with Crippen LogP contribution in [0.5, 0.6) is 0 Å². The lowest BCUT2D eigenvalue weighted by atomic mass is 10.2. The standard InChI is InChI=1S/C7H3BrClF2O3P/c8-6-3-4(9)1-2-5(6)7(10,11)14-15(12)13/h1-3H. The third-order valence-electron chi connectivity index (χ3n) is 1.43. The van der Waals surface area contributed by atoms with Crippen molar-refractivity contribution in [1.29, 1.82) is 0 Å². The molecule has 1 aromatic carbocycles. The zero-order chi connectivity index (χ0) is 11.6. The lowest BCUT2D eigenvalue weighted by Gasteiger charge is -2.12. The van der Waals surface area contributed by atoms with Gasteiger partial charge < -0.3 is 4.89 Å². The summed E-state index contributed by atoms with van der Waals surface area (Å²) in [4.78, 5) is 10.1. The molecule has 15 heavy (non-hydrogen) atoms. The second-order valence-electron chi connectivity index (χ2n) is 2.46. The van der Waals surface area contributed by atoms with Crippen LogP contribution in [0, 0.1) is 0 Å². The van der Waals surface area contributed by atoms with E-state index in [0.717, 1.165) is 6.07 Å². The number of hydrogen-bond donors (Lipinski definition) is 0. The Morgan fingerprint density at radius 3 is 2.60 bits per heavy atom. The van der Waals surface area contributed by atoms with Crippen molar-refractivity contribution < 1.29 is 22.8 Å². The highest BCUT2D eigenvalue weighted by Gasteiger charge is 2.41. The van der Waals surface area contributed by atoms with Gasteiger partial charge in [-0.15, -0.1) is 0 Å². The number of rotatable bonds is 3. The van der Waals surface area contributed by atoms with Gasteiger partial charge in [-0.1, -0.05) is 32.1 Å². The number of alkyl halides is 2. The van der Waals surface area contributed by atoms with Gasteiger partial charge in [-0.25, -0.2) is 0 Å². The molecule has 0 aliphatic carbocycles. The van der Waals surface area contributed by atoms with Crippen LogP contribution in [0.25, 0.3) is 0 Å². The number of benzene rings is 1. The maximum absolute atomic E-state index is 13.1. The molecule has 82 valence electrons. The fraction of sp³-hybridized carbons (Fsp3) is 0.143. The largest absolute Gasteiger partial charge is 0.566 e. The zero-order valence-electron chi connectivity index (χ0n) is 6.92. The maximum Gasteiger partial charge on any atom is 0.495 e. The quantitative estimate of drug-likeness (QED) is 0.804. The highest BCUT2D eigenvalue weighted by molar-refractivity contribution is 9.10. The predicted octanol–water partition coefficient (Wildman–Crippen LogP) is 3.19. The van der Waals surface area contributed by atoms with Gasteiger partial charge in [0.2, 0.25) is 0 Å². The van der Waals surface area contributed by atoms with Gasteiger partial charge in [-0.2, -0.15) is 8.78 Å². The van der Waals surface area contributed by atoms with E-state index in [2.05, 4.69) is 20.5 Å². The summed E-state index contributed by atoms with van der Waals surface area (Å²) < 4.78 is 39.8. The van der Waals surface area contributed by atoms with Gasteiger partial charge in [0.15, 0.2) is 0 Å². The summed E-state index contributed by atoms with van der Waals surface area (Å²) in [6, 6.07) is 3.40. The Kier molecular flexibility index (Phi) is 4.14. The van der Waals surface area contributed by atoms with Crippen LogP contribution in [-0.2, 0) is 15.2 Å². The van der Waals surface area contributed by atoms with Gasteiger partial charge in [-0.3, -0.25) is 0 Å². The molecule has 0 bridgehead atoms. The van der Waals surface area contributed by atoms with Crippen molar-refractivity contribution >= 4 is 35.8 Å². The summed E-state index contributed by atoms with van der Waals surface area (Å²) in [7, 11) is -3.64. The van der Waals surface area contributed by atoms with E-state index in [1.807, 2.05) is 0 Å². The molecular formula is C7H3BrClF2O3P. The normalized spacial score (nSPS) is 12.7. The molecule has 0 saturated carbocycles. The highest BCUT2D eigenvalue weighted by Crippen LogP contribution is 2.40. The van der Waals surface area contributed by atoms with Crippen molar-refractivity contribution in [1.82, 2.24) is 0 Å². The van der Waals surface area contributed by atoms with Gasteiger partial charge in [0.25, 0.3) is 0 Å². The van der Waals surface area contributed by atoms with Gasteiger partial charge in [0.1, 0.15) is 0 Å². The predicted molar refractivity (Wildman–Crippen MR) is 51.7 cm³/mol. The van der Waals surface area contributed by atoms with E-state index in [1.54, 1.807) is 0 Å².